The summed E-state index contributed by atoms with van der Waals surface area (Å²) in [4.78, 5) is 25.0. The summed E-state index contributed by atoms with van der Waals surface area (Å²) in [5, 5.41) is 29.7. The molecule has 0 fully saturated rings. The lowest BCUT2D eigenvalue weighted by Crippen LogP contribution is -2.48. The number of benzene rings is 2. The molecule has 0 bridgehead atoms. The van der Waals surface area contributed by atoms with E-state index in [2.05, 4.69) is 44.0 Å². The van der Waals surface area contributed by atoms with Gasteiger partial charge in [-0.2, -0.15) is 0 Å². The van der Waals surface area contributed by atoms with E-state index in [-0.39, 0.29) is 17.6 Å². The van der Waals surface area contributed by atoms with Crippen molar-refractivity contribution in [1.82, 2.24) is 31.9 Å². The summed E-state index contributed by atoms with van der Waals surface area (Å²) in [6.07, 6.45) is 26.1. The van der Waals surface area contributed by atoms with Gasteiger partial charge in [0.25, 0.3) is 0 Å². The first kappa shape index (κ1) is 51.0. The molecule has 7 N–H and O–H groups in total. The minimum Gasteiger partial charge on any atom is -0.508 e. The Morgan fingerprint density at radius 3 is 1.50 bits per heavy atom. The summed E-state index contributed by atoms with van der Waals surface area (Å²) in [5.74, 6) is 0.872. The number of aromatic hydroxyl groups is 1. The normalized spacial score (nSPS) is 11.8. The first-order chi connectivity index (χ1) is 28.5. The first-order valence-electron chi connectivity index (χ1n) is 23.3. The number of nitrogens with one attached hydrogen (secondary N) is 6. The van der Waals surface area contributed by atoms with Crippen LogP contribution in [0.25, 0.3) is 0 Å². The number of rotatable bonds is 40. The Morgan fingerprint density at radius 2 is 1.02 bits per heavy atom. The second kappa shape index (κ2) is 36.9. The third-order valence-electron chi connectivity index (χ3n) is 10.7. The molecule has 0 aromatic heterocycles. The average molecular weight is 809 g/mol. The largest absolute Gasteiger partial charge is 0.508 e. The zero-order chi connectivity index (χ0) is 41.6. The maximum absolute atomic E-state index is 12.8. The van der Waals surface area contributed by atoms with E-state index in [0.717, 1.165) is 70.0 Å². The summed E-state index contributed by atoms with van der Waals surface area (Å²) in [6, 6.07) is 14.4. The number of unbranched alkanes of at least 4 members (excludes halogenated alkanes) is 15. The topological polar surface area (TPSA) is 136 Å². The zero-order valence-electron chi connectivity index (χ0n) is 36.8. The monoisotopic (exact) mass is 809 g/mol. The molecule has 58 heavy (non-hydrogen) atoms. The van der Waals surface area contributed by atoms with Gasteiger partial charge in [0, 0.05) is 31.5 Å². The van der Waals surface area contributed by atoms with Crippen molar-refractivity contribution < 1.29 is 19.4 Å². The van der Waals surface area contributed by atoms with Gasteiger partial charge in [-0.25, -0.2) is 0 Å². The van der Waals surface area contributed by atoms with Gasteiger partial charge < -0.3 is 41.7 Å². The van der Waals surface area contributed by atoms with E-state index in [1.165, 1.54) is 128 Å². The quantitative estimate of drug-likeness (QED) is 0.0335. The Hall–Kier alpha value is -3.18. The third-order valence-corrected chi connectivity index (χ3v) is 10.7. The molecule has 0 aliphatic carbocycles. The molecule has 2 aromatic rings. The second-order valence-corrected chi connectivity index (χ2v) is 16.0. The van der Waals surface area contributed by atoms with Crippen molar-refractivity contribution in [3.05, 3.63) is 59.7 Å². The Kier molecular flexibility index (Phi) is 32.4. The molecule has 0 radical (unpaired) electrons. The van der Waals surface area contributed by atoms with Crippen LogP contribution >= 0.6 is 0 Å². The van der Waals surface area contributed by atoms with E-state index in [1.54, 1.807) is 31.4 Å². The number of phenols is 1. The van der Waals surface area contributed by atoms with E-state index in [0.29, 0.717) is 19.4 Å². The third kappa shape index (κ3) is 28.3. The highest BCUT2D eigenvalue weighted by atomic mass is 16.5. The lowest BCUT2D eigenvalue weighted by molar-refractivity contribution is -0.129. The number of phenolic OH excluding ortho intramolecular Hbond substituents is 1. The summed E-state index contributed by atoms with van der Waals surface area (Å²) in [6.45, 7) is 10.9. The van der Waals surface area contributed by atoms with E-state index in [9.17, 15) is 14.7 Å². The van der Waals surface area contributed by atoms with Gasteiger partial charge in [0.05, 0.1) is 7.11 Å². The number of ether oxygens (including phenoxy) is 1. The van der Waals surface area contributed by atoms with Crippen molar-refractivity contribution in [2.75, 3.05) is 59.5 Å². The van der Waals surface area contributed by atoms with E-state index < -0.39 is 6.04 Å². The maximum Gasteiger partial charge on any atom is 0.242 e. The van der Waals surface area contributed by atoms with Crippen LogP contribution in [0.15, 0.2) is 48.5 Å². The fourth-order valence-electron chi connectivity index (χ4n) is 7.19. The Bertz CT molecular complexity index is 1260. The lowest BCUT2D eigenvalue weighted by Gasteiger charge is -2.19. The number of amides is 2. The zero-order valence-corrected chi connectivity index (χ0v) is 36.8. The number of hydrogen-bond acceptors (Lipinski definition) is 8. The van der Waals surface area contributed by atoms with E-state index >= 15 is 0 Å². The molecule has 0 unspecified atom stereocenters. The highest BCUT2D eigenvalue weighted by molar-refractivity contribution is 5.87. The van der Waals surface area contributed by atoms with Crippen molar-refractivity contribution >= 4 is 11.8 Å². The molecule has 0 saturated heterocycles. The van der Waals surface area contributed by atoms with Gasteiger partial charge in [0.2, 0.25) is 11.8 Å². The molecular weight excluding hydrogens is 725 g/mol. The van der Waals surface area contributed by atoms with Crippen molar-refractivity contribution in [1.29, 1.82) is 0 Å². The maximum atomic E-state index is 12.8. The average Bonchev–Trinajstić information content (AvgIpc) is 3.23. The highest BCUT2D eigenvalue weighted by Gasteiger charge is 2.20. The molecule has 0 spiro atoms. The summed E-state index contributed by atoms with van der Waals surface area (Å²) in [5.41, 5.74) is 2.12. The van der Waals surface area contributed by atoms with Gasteiger partial charge in [-0.05, 0) is 121 Å². The molecular formula is C48H84N6O4. The van der Waals surface area contributed by atoms with Crippen LogP contribution in [0.1, 0.15) is 153 Å². The van der Waals surface area contributed by atoms with Crippen LogP contribution in [-0.2, 0) is 22.6 Å². The lowest BCUT2D eigenvalue weighted by atomic mass is 10.0. The predicted molar refractivity (Wildman–Crippen MR) is 243 cm³/mol. The Balaban J connectivity index is 1.24. The number of para-hydroxylation sites is 1. The van der Waals surface area contributed by atoms with Gasteiger partial charge in [-0.15, -0.1) is 0 Å². The smallest absolute Gasteiger partial charge is 0.242 e. The number of carbonyl (C=O) groups is 2. The van der Waals surface area contributed by atoms with Gasteiger partial charge in [0.15, 0.2) is 0 Å². The van der Waals surface area contributed by atoms with Crippen molar-refractivity contribution in [2.45, 2.75) is 161 Å². The summed E-state index contributed by atoms with van der Waals surface area (Å²) < 4.78 is 5.42. The van der Waals surface area contributed by atoms with Crippen LogP contribution in [0.3, 0.4) is 0 Å². The number of hydrogen-bond donors (Lipinski definition) is 7. The van der Waals surface area contributed by atoms with Crippen LogP contribution in [-0.4, -0.2) is 82.4 Å². The summed E-state index contributed by atoms with van der Waals surface area (Å²) >= 11 is 0. The minimum atomic E-state index is -0.622. The first-order valence-corrected chi connectivity index (χ1v) is 23.3. The molecule has 2 aromatic carbocycles. The molecule has 10 heteroatoms. The van der Waals surface area contributed by atoms with Gasteiger partial charge in [-0.1, -0.05) is 114 Å². The van der Waals surface area contributed by atoms with Crippen LogP contribution in [0.5, 0.6) is 11.5 Å². The molecule has 1 atom stereocenters. The van der Waals surface area contributed by atoms with E-state index in [1.807, 2.05) is 19.1 Å². The molecule has 330 valence electrons. The molecule has 0 aliphatic rings. The van der Waals surface area contributed by atoms with Crippen molar-refractivity contribution in [3.63, 3.8) is 0 Å². The standard InChI is InChI=1S/C48H84N6O4/c1-3-25-47(56)54-45(40-42-28-30-44(55)31-29-42)48(57)53-39-24-38-51-36-22-13-12-20-34-49-32-18-10-8-6-4-5-7-9-11-19-33-50-35-21-14-15-23-37-52-41-43-26-16-17-27-46(43)58-2/h16-17,26-31,45,49-52,55H,3-15,18-25,32-41H2,1-2H3,(H,53,57)(H,54,56)/t45-/m0/s1. The molecule has 0 saturated carbocycles. The molecule has 0 aliphatic heterocycles. The van der Waals surface area contributed by atoms with Crippen molar-refractivity contribution in [3.8, 4) is 11.5 Å². The highest BCUT2D eigenvalue weighted by Crippen LogP contribution is 2.17. The molecule has 0 heterocycles. The van der Waals surface area contributed by atoms with Crippen LogP contribution < -0.4 is 36.6 Å². The van der Waals surface area contributed by atoms with Gasteiger partial charge in [-0.3, -0.25) is 9.59 Å². The van der Waals surface area contributed by atoms with Gasteiger partial charge in [0.1, 0.15) is 17.5 Å². The Labute approximate surface area is 353 Å². The van der Waals surface area contributed by atoms with Crippen LogP contribution in [0.2, 0.25) is 0 Å². The Morgan fingerprint density at radius 1 is 0.569 bits per heavy atom. The molecule has 2 amide bonds. The number of carbonyl (C=O) groups excluding carboxylic acids is 2. The fourth-order valence-corrected chi connectivity index (χ4v) is 7.19. The SMILES string of the molecule is CCCC(=O)N[C@@H](Cc1ccc(O)cc1)C(=O)NCCCNCCCCCCNCCCCCCCCCCCCNCCCCCCNCc1ccccc1OC. The minimum absolute atomic E-state index is 0.115. The van der Waals surface area contributed by atoms with Crippen LogP contribution in [0.4, 0.5) is 0 Å². The van der Waals surface area contributed by atoms with Crippen molar-refractivity contribution in [2.24, 2.45) is 0 Å². The number of methoxy groups -OCH3 is 1. The van der Waals surface area contributed by atoms with Crippen LogP contribution in [0, 0.1) is 0 Å². The fraction of sp³-hybridized carbons (Fsp3) is 0.708. The molecule has 2 rings (SSSR count). The van der Waals surface area contributed by atoms with E-state index in [4.69, 9.17) is 4.74 Å². The summed E-state index contributed by atoms with van der Waals surface area (Å²) in [7, 11) is 1.74. The van der Waals surface area contributed by atoms with Gasteiger partial charge >= 0.3 is 0 Å². The second-order valence-electron chi connectivity index (χ2n) is 16.0. The molecule has 10 nitrogen and oxygen atoms in total. The predicted octanol–water partition coefficient (Wildman–Crippen LogP) is 8.31.